The number of nitrogen functional groups attached to an aromatic ring is 1. The van der Waals surface area contributed by atoms with Crippen LogP contribution in [0.15, 0.2) is 29.6 Å². The minimum atomic E-state index is 0.772. The first-order chi connectivity index (χ1) is 8.83. The fraction of sp³-hybridized carbons (Fsp3) is 0.308. The largest absolute Gasteiger partial charge is 0.399 e. The maximum atomic E-state index is 5.79. The van der Waals surface area contributed by atoms with Gasteiger partial charge in [0.1, 0.15) is 0 Å². The summed E-state index contributed by atoms with van der Waals surface area (Å²) in [6.07, 6.45) is 0. The molecule has 0 amide bonds. The quantitative estimate of drug-likeness (QED) is 0.842. The summed E-state index contributed by atoms with van der Waals surface area (Å²) < 4.78 is 5.35. The highest BCUT2D eigenvalue weighted by molar-refractivity contribution is 7.14. The summed E-state index contributed by atoms with van der Waals surface area (Å²) in [5.41, 5.74) is 8.63. The van der Waals surface area contributed by atoms with Gasteiger partial charge < -0.3 is 15.4 Å². The van der Waals surface area contributed by atoms with Crippen molar-refractivity contribution < 1.29 is 4.74 Å². The molecule has 0 radical (unpaired) electrons. The van der Waals surface area contributed by atoms with E-state index in [1.54, 1.807) is 11.3 Å². The van der Waals surface area contributed by atoms with Crippen LogP contribution in [-0.4, -0.2) is 31.3 Å². The second-order valence-corrected chi connectivity index (χ2v) is 5.08. The van der Waals surface area contributed by atoms with E-state index in [-0.39, 0.29) is 0 Å². The second kappa shape index (κ2) is 4.96. The molecule has 1 aromatic heterocycles. The molecule has 5 heteroatoms. The predicted octanol–water partition coefficient (Wildman–Crippen LogP) is 2.23. The van der Waals surface area contributed by atoms with Crippen LogP contribution in [0.25, 0.3) is 11.3 Å². The van der Waals surface area contributed by atoms with Crippen molar-refractivity contribution in [2.24, 2.45) is 0 Å². The van der Waals surface area contributed by atoms with E-state index in [0.717, 1.165) is 48.4 Å². The fourth-order valence-electron chi connectivity index (χ4n) is 1.99. The van der Waals surface area contributed by atoms with Gasteiger partial charge >= 0.3 is 0 Å². The summed E-state index contributed by atoms with van der Waals surface area (Å²) in [7, 11) is 0. The summed E-state index contributed by atoms with van der Waals surface area (Å²) >= 11 is 1.68. The zero-order chi connectivity index (χ0) is 12.4. The van der Waals surface area contributed by atoms with Gasteiger partial charge in [0.25, 0.3) is 0 Å². The standard InChI is InChI=1S/C13H15N3OS/c14-11-3-1-2-10(8-11)12-9-18-13(15-12)16-4-6-17-7-5-16/h1-3,8-9H,4-7,14H2. The maximum absolute atomic E-state index is 5.79. The molecule has 3 rings (SSSR count). The number of thiazole rings is 1. The Morgan fingerprint density at radius 3 is 2.89 bits per heavy atom. The molecule has 0 saturated carbocycles. The number of hydrogen-bond donors (Lipinski definition) is 1. The van der Waals surface area contributed by atoms with Crippen LogP contribution in [0.4, 0.5) is 10.8 Å². The molecule has 2 heterocycles. The van der Waals surface area contributed by atoms with Crippen LogP contribution in [0, 0.1) is 0 Å². The Labute approximate surface area is 110 Å². The monoisotopic (exact) mass is 261 g/mol. The van der Waals surface area contributed by atoms with E-state index in [4.69, 9.17) is 10.5 Å². The SMILES string of the molecule is Nc1cccc(-c2csc(N3CCOCC3)n2)c1. The third-order valence-electron chi connectivity index (χ3n) is 2.96. The Balaban J connectivity index is 1.84. The molecule has 0 unspecified atom stereocenters. The molecule has 1 aliphatic heterocycles. The van der Waals surface area contributed by atoms with Crippen molar-refractivity contribution in [3.05, 3.63) is 29.6 Å². The minimum absolute atomic E-state index is 0.772. The molecule has 4 nitrogen and oxygen atoms in total. The molecule has 0 bridgehead atoms. The molecule has 1 fully saturated rings. The lowest BCUT2D eigenvalue weighted by molar-refractivity contribution is 0.122. The molecule has 0 atom stereocenters. The first kappa shape index (κ1) is 11.5. The van der Waals surface area contributed by atoms with Crippen LogP contribution in [0.1, 0.15) is 0 Å². The van der Waals surface area contributed by atoms with Crippen LogP contribution in [0.2, 0.25) is 0 Å². The van der Waals surface area contributed by atoms with Crippen molar-refractivity contribution in [2.45, 2.75) is 0 Å². The zero-order valence-corrected chi connectivity index (χ0v) is 10.8. The highest BCUT2D eigenvalue weighted by atomic mass is 32.1. The number of nitrogens with zero attached hydrogens (tertiary/aromatic N) is 2. The normalized spacial score (nSPS) is 15.9. The van der Waals surface area contributed by atoms with Crippen LogP contribution >= 0.6 is 11.3 Å². The highest BCUT2D eigenvalue weighted by Crippen LogP contribution is 2.28. The number of anilines is 2. The lowest BCUT2D eigenvalue weighted by Crippen LogP contribution is -2.36. The molecule has 1 saturated heterocycles. The van der Waals surface area contributed by atoms with Gasteiger partial charge in [0.2, 0.25) is 0 Å². The van der Waals surface area contributed by atoms with Crippen molar-refractivity contribution in [3.8, 4) is 11.3 Å². The number of aromatic nitrogens is 1. The van der Waals surface area contributed by atoms with Crippen molar-refractivity contribution >= 4 is 22.2 Å². The Hall–Kier alpha value is -1.59. The molecular weight excluding hydrogens is 246 g/mol. The summed E-state index contributed by atoms with van der Waals surface area (Å²) in [4.78, 5) is 6.95. The summed E-state index contributed by atoms with van der Waals surface area (Å²) in [6.45, 7) is 3.41. The van der Waals surface area contributed by atoms with Crippen LogP contribution < -0.4 is 10.6 Å². The van der Waals surface area contributed by atoms with E-state index in [1.165, 1.54) is 0 Å². The van der Waals surface area contributed by atoms with Gasteiger partial charge in [-0.3, -0.25) is 0 Å². The topological polar surface area (TPSA) is 51.4 Å². The number of nitrogens with two attached hydrogens (primary N) is 1. The van der Waals surface area contributed by atoms with Gasteiger partial charge in [-0.05, 0) is 12.1 Å². The van der Waals surface area contributed by atoms with Gasteiger partial charge in [0.15, 0.2) is 5.13 Å². The first-order valence-electron chi connectivity index (χ1n) is 5.97. The van der Waals surface area contributed by atoms with Crippen LogP contribution in [-0.2, 0) is 4.74 Å². The van der Waals surface area contributed by atoms with Crippen LogP contribution in [0.3, 0.4) is 0 Å². The van der Waals surface area contributed by atoms with Gasteiger partial charge in [0.05, 0.1) is 18.9 Å². The van der Waals surface area contributed by atoms with Gasteiger partial charge in [-0.25, -0.2) is 4.98 Å². The van der Waals surface area contributed by atoms with Crippen molar-refractivity contribution in [3.63, 3.8) is 0 Å². The van der Waals surface area contributed by atoms with Gasteiger partial charge in [-0.15, -0.1) is 11.3 Å². The third kappa shape index (κ3) is 2.32. The van der Waals surface area contributed by atoms with E-state index in [1.807, 2.05) is 24.3 Å². The summed E-state index contributed by atoms with van der Waals surface area (Å²) in [6, 6.07) is 7.84. The molecule has 1 aliphatic rings. The van der Waals surface area contributed by atoms with Crippen molar-refractivity contribution in [1.82, 2.24) is 4.98 Å². The maximum Gasteiger partial charge on any atom is 0.186 e. The number of hydrogen-bond acceptors (Lipinski definition) is 5. The Bertz CT molecular complexity index is 535. The van der Waals surface area contributed by atoms with E-state index in [2.05, 4.69) is 15.3 Å². The number of ether oxygens (including phenoxy) is 1. The number of rotatable bonds is 2. The smallest absolute Gasteiger partial charge is 0.186 e. The molecule has 1 aromatic carbocycles. The van der Waals surface area contributed by atoms with Gasteiger partial charge in [-0.2, -0.15) is 0 Å². The summed E-state index contributed by atoms with van der Waals surface area (Å²) in [5.74, 6) is 0. The lowest BCUT2D eigenvalue weighted by atomic mass is 10.1. The van der Waals surface area contributed by atoms with Crippen molar-refractivity contribution in [1.29, 1.82) is 0 Å². The van der Waals surface area contributed by atoms with Gasteiger partial charge in [0, 0.05) is 29.7 Å². The van der Waals surface area contributed by atoms with Gasteiger partial charge in [-0.1, -0.05) is 12.1 Å². The molecule has 94 valence electrons. The summed E-state index contributed by atoms with van der Waals surface area (Å²) in [5, 5.41) is 3.15. The Kier molecular flexibility index (Phi) is 3.17. The molecular formula is C13H15N3OS. The highest BCUT2D eigenvalue weighted by Gasteiger charge is 2.15. The van der Waals surface area contributed by atoms with E-state index in [0.29, 0.717) is 0 Å². The van der Waals surface area contributed by atoms with E-state index < -0.39 is 0 Å². The predicted molar refractivity (Wildman–Crippen MR) is 75.0 cm³/mol. The molecule has 0 spiro atoms. The first-order valence-corrected chi connectivity index (χ1v) is 6.85. The fourth-order valence-corrected chi connectivity index (χ4v) is 2.88. The average molecular weight is 261 g/mol. The van der Waals surface area contributed by atoms with E-state index in [9.17, 15) is 0 Å². The zero-order valence-electron chi connectivity index (χ0n) is 10.0. The number of morpholine rings is 1. The Morgan fingerprint density at radius 1 is 1.28 bits per heavy atom. The third-order valence-corrected chi connectivity index (χ3v) is 3.86. The molecule has 18 heavy (non-hydrogen) atoms. The molecule has 0 aliphatic carbocycles. The second-order valence-electron chi connectivity index (χ2n) is 4.24. The average Bonchev–Trinajstić information content (AvgIpc) is 2.89. The Morgan fingerprint density at radius 2 is 2.11 bits per heavy atom. The molecule has 2 N–H and O–H groups in total. The van der Waals surface area contributed by atoms with Crippen molar-refractivity contribution in [2.75, 3.05) is 36.9 Å². The minimum Gasteiger partial charge on any atom is -0.399 e. The van der Waals surface area contributed by atoms with E-state index >= 15 is 0 Å². The lowest BCUT2D eigenvalue weighted by Gasteiger charge is -2.26. The van der Waals surface area contributed by atoms with Crippen LogP contribution in [0.5, 0.6) is 0 Å². The molecule has 2 aromatic rings. The number of benzene rings is 1.